The van der Waals surface area contributed by atoms with E-state index in [9.17, 15) is 9.59 Å². The second-order valence-electron chi connectivity index (χ2n) is 6.08. The van der Waals surface area contributed by atoms with Crippen LogP contribution in [-0.2, 0) is 9.59 Å². The normalized spacial score (nSPS) is 36.1. The molecule has 1 aliphatic carbocycles. The molecule has 0 aromatic heterocycles. The molecule has 3 unspecified atom stereocenters. The van der Waals surface area contributed by atoms with Crippen LogP contribution in [0, 0.1) is 5.92 Å². The van der Waals surface area contributed by atoms with Crippen LogP contribution in [0.4, 0.5) is 0 Å². The van der Waals surface area contributed by atoms with Gasteiger partial charge in [0.05, 0.1) is 17.9 Å². The van der Waals surface area contributed by atoms with Crippen LogP contribution in [0.3, 0.4) is 0 Å². The maximum Gasteiger partial charge on any atom is 0.305 e. The maximum absolute atomic E-state index is 12.3. The van der Waals surface area contributed by atoms with Crippen LogP contribution >= 0.6 is 0 Å². The predicted molar refractivity (Wildman–Crippen MR) is 65.0 cm³/mol. The zero-order valence-electron chi connectivity index (χ0n) is 10.4. The molecule has 1 saturated carbocycles. The van der Waals surface area contributed by atoms with E-state index in [4.69, 9.17) is 5.11 Å². The summed E-state index contributed by atoms with van der Waals surface area (Å²) in [5.74, 6) is -0.702. The van der Waals surface area contributed by atoms with Gasteiger partial charge in [-0.3, -0.25) is 9.59 Å². The van der Waals surface area contributed by atoms with Gasteiger partial charge in [-0.25, -0.2) is 0 Å². The van der Waals surface area contributed by atoms with Crippen LogP contribution in [0.15, 0.2) is 0 Å². The summed E-state index contributed by atoms with van der Waals surface area (Å²) in [5, 5.41) is 15.4. The fraction of sp³-hybridized carbons (Fsp3) is 0.846. The molecule has 3 N–H and O–H groups in total. The Balaban J connectivity index is 1.61. The number of hydrogen-bond donors (Lipinski definition) is 3. The molecular formula is C13H20N2O3. The van der Waals surface area contributed by atoms with Crippen molar-refractivity contribution in [3.05, 3.63) is 0 Å². The van der Waals surface area contributed by atoms with Crippen molar-refractivity contribution in [3.8, 4) is 0 Å². The Kier molecular flexibility index (Phi) is 2.81. The van der Waals surface area contributed by atoms with Gasteiger partial charge in [0.2, 0.25) is 5.91 Å². The van der Waals surface area contributed by atoms with Crippen molar-refractivity contribution in [2.75, 3.05) is 0 Å². The van der Waals surface area contributed by atoms with Gasteiger partial charge in [-0.1, -0.05) is 0 Å². The topological polar surface area (TPSA) is 78.4 Å². The Hall–Kier alpha value is -1.10. The number of fused-ring (bicyclic) bond motifs is 2. The lowest BCUT2D eigenvalue weighted by Crippen LogP contribution is -2.57. The summed E-state index contributed by atoms with van der Waals surface area (Å²) in [4.78, 5) is 23.2. The van der Waals surface area contributed by atoms with Crippen molar-refractivity contribution >= 4 is 11.9 Å². The van der Waals surface area contributed by atoms with Crippen molar-refractivity contribution in [2.45, 2.75) is 62.6 Å². The highest BCUT2D eigenvalue weighted by Crippen LogP contribution is 2.38. The van der Waals surface area contributed by atoms with Gasteiger partial charge in [0, 0.05) is 12.1 Å². The van der Waals surface area contributed by atoms with E-state index in [1.807, 2.05) is 0 Å². The van der Waals surface area contributed by atoms with Crippen LogP contribution < -0.4 is 10.6 Å². The molecule has 0 aromatic carbocycles. The van der Waals surface area contributed by atoms with Crippen molar-refractivity contribution < 1.29 is 14.7 Å². The van der Waals surface area contributed by atoms with E-state index >= 15 is 0 Å². The maximum atomic E-state index is 12.3. The van der Waals surface area contributed by atoms with E-state index < -0.39 is 11.5 Å². The number of rotatable bonds is 4. The Morgan fingerprint density at radius 3 is 2.56 bits per heavy atom. The highest BCUT2D eigenvalue weighted by atomic mass is 16.4. The number of carboxylic acid groups (broad SMARTS) is 1. The number of carboxylic acids is 1. The fourth-order valence-electron chi connectivity index (χ4n) is 3.71. The quantitative estimate of drug-likeness (QED) is 0.686. The minimum Gasteiger partial charge on any atom is -0.481 e. The van der Waals surface area contributed by atoms with E-state index in [2.05, 4.69) is 10.6 Å². The molecule has 2 aliphatic heterocycles. The van der Waals surface area contributed by atoms with Gasteiger partial charge in [-0.2, -0.15) is 0 Å². The van der Waals surface area contributed by atoms with E-state index in [1.165, 1.54) is 6.42 Å². The van der Waals surface area contributed by atoms with Crippen molar-refractivity contribution in [1.82, 2.24) is 10.6 Å². The summed E-state index contributed by atoms with van der Waals surface area (Å²) in [5.41, 5.74) is -0.454. The molecule has 2 saturated heterocycles. The van der Waals surface area contributed by atoms with Gasteiger partial charge >= 0.3 is 5.97 Å². The number of aliphatic carboxylic acids is 1. The van der Waals surface area contributed by atoms with Crippen molar-refractivity contribution in [3.63, 3.8) is 0 Å². The van der Waals surface area contributed by atoms with Crippen LogP contribution in [0.1, 0.15) is 44.9 Å². The zero-order chi connectivity index (χ0) is 12.8. The molecule has 5 heteroatoms. The molecule has 2 heterocycles. The smallest absolute Gasteiger partial charge is 0.305 e. The molecule has 18 heavy (non-hydrogen) atoms. The third-order valence-electron chi connectivity index (χ3n) is 4.83. The number of carbonyl (C=O) groups is 2. The standard InChI is InChI=1S/C13H20N2O3/c16-11(17)7-13(4-1-5-13)15-12(18)9-6-8-2-3-10(9)14-8/h8-10,14H,1-7H2,(H,15,18)(H,16,17). The number of carbonyl (C=O) groups excluding carboxylic acids is 1. The summed E-state index contributed by atoms with van der Waals surface area (Å²) in [6, 6.07) is 0.819. The molecule has 100 valence electrons. The highest BCUT2D eigenvalue weighted by Gasteiger charge is 2.46. The molecule has 3 atom stereocenters. The summed E-state index contributed by atoms with van der Waals surface area (Å²) < 4.78 is 0. The Morgan fingerprint density at radius 1 is 1.33 bits per heavy atom. The van der Waals surface area contributed by atoms with E-state index in [0.717, 1.165) is 32.1 Å². The van der Waals surface area contributed by atoms with E-state index in [1.54, 1.807) is 0 Å². The first kappa shape index (κ1) is 12.0. The van der Waals surface area contributed by atoms with E-state index in [0.29, 0.717) is 12.1 Å². The summed E-state index contributed by atoms with van der Waals surface area (Å²) in [6.07, 6.45) is 5.86. The lowest BCUT2D eigenvalue weighted by Gasteiger charge is -2.42. The second-order valence-corrected chi connectivity index (χ2v) is 6.08. The third kappa shape index (κ3) is 2.00. The number of nitrogens with one attached hydrogen (secondary N) is 2. The highest BCUT2D eigenvalue weighted by molar-refractivity contribution is 5.82. The molecule has 1 amide bonds. The van der Waals surface area contributed by atoms with Gasteiger partial charge in [-0.15, -0.1) is 0 Å². The van der Waals surface area contributed by atoms with Crippen LogP contribution in [0.5, 0.6) is 0 Å². The predicted octanol–water partition coefficient (Wildman–Crippen LogP) is 0.640. The molecule has 3 rings (SSSR count). The first-order valence-electron chi connectivity index (χ1n) is 6.88. The van der Waals surface area contributed by atoms with Crippen molar-refractivity contribution in [1.29, 1.82) is 0 Å². The molecule has 0 radical (unpaired) electrons. The number of hydrogen-bond acceptors (Lipinski definition) is 3. The molecule has 2 bridgehead atoms. The average Bonchev–Trinajstić information content (AvgIpc) is 2.86. The number of amides is 1. The molecule has 3 fully saturated rings. The monoisotopic (exact) mass is 252 g/mol. The minimum atomic E-state index is -0.818. The Bertz CT molecular complexity index is 378. The zero-order valence-corrected chi connectivity index (χ0v) is 10.4. The lowest BCUT2D eigenvalue weighted by molar-refractivity contribution is -0.141. The first-order valence-corrected chi connectivity index (χ1v) is 6.88. The molecule has 0 spiro atoms. The fourth-order valence-corrected chi connectivity index (χ4v) is 3.71. The van der Waals surface area contributed by atoms with Crippen molar-refractivity contribution in [2.24, 2.45) is 5.92 Å². The summed E-state index contributed by atoms with van der Waals surface area (Å²) >= 11 is 0. The lowest BCUT2D eigenvalue weighted by atomic mass is 9.73. The Labute approximate surface area is 106 Å². The Morgan fingerprint density at radius 2 is 2.11 bits per heavy atom. The second kappa shape index (κ2) is 4.23. The molecular weight excluding hydrogens is 232 g/mol. The summed E-state index contributed by atoms with van der Waals surface area (Å²) in [7, 11) is 0. The molecule has 5 nitrogen and oxygen atoms in total. The molecule has 0 aromatic rings. The van der Waals surface area contributed by atoms with Crippen LogP contribution in [0.25, 0.3) is 0 Å². The first-order chi connectivity index (χ1) is 8.58. The van der Waals surface area contributed by atoms with Crippen LogP contribution in [-0.4, -0.2) is 34.6 Å². The van der Waals surface area contributed by atoms with Gasteiger partial charge in [0.15, 0.2) is 0 Å². The summed E-state index contributed by atoms with van der Waals surface area (Å²) in [6.45, 7) is 0. The van der Waals surface area contributed by atoms with E-state index in [-0.39, 0.29) is 18.2 Å². The van der Waals surface area contributed by atoms with Gasteiger partial charge in [0.1, 0.15) is 0 Å². The van der Waals surface area contributed by atoms with Gasteiger partial charge < -0.3 is 15.7 Å². The van der Waals surface area contributed by atoms with Gasteiger partial charge in [0.25, 0.3) is 0 Å². The minimum absolute atomic E-state index is 0.0509. The average molecular weight is 252 g/mol. The largest absolute Gasteiger partial charge is 0.481 e. The molecule has 3 aliphatic rings. The third-order valence-corrected chi connectivity index (χ3v) is 4.83. The van der Waals surface area contributed by atoms with Gasteiger partial charge in [-0.05, 0) is 38.5 Å². The SMILES string of the molecule is O=C(O)CC1(NC(=O)C2CC3CCC2N3)CCC1. The van der Waals surface area contributed by atoms with Crippen LogP contribution in [0.2, 0.25) is 0 Å².